The van der Waals surface area contributed by atoms with E-state index in [4.69, 9.17) is 4.74 Å². The van der Waals surface area contributed by atoms with Crippen molar-refractivity contribution in [1.82, 2.24) is 5.32 Å². The van der Waals surface area contributed by atoms with Gasteiger partial charge in [0.2, 0.25) is 5.91 Å². The molecule has 1 aliphatic carbocycles. The highest BCUT2D eigenvalue weighted by molar-refractivity contribution is 14.1. The number of hydrogen-bond donors (Lipinski definition) is 1. The van der Waals surface area contributed by atoms with Crippen LogP contribution < -0.4 is 10.1 Å². The molecule has 4 heteroatoms. The Kier molecular flexibility index (Phi) is 3.91. The van der Waals surface area contributed by atoms with Gasteiger partial charge in [0.25, 0.3) is 0 Å². The minimum atomic E-state index is 0.0522. The third-order valence-corrected chi connectivity index (χ3v) is 4.16. The number of halogens is 1. The molecule has 0 unspecified atom stereocenters. The van der Waals surface area contributed by atoms with Gasteiger partial charge in [-0.2, -0.15) is 0 Å². The maximum atomic E-state index is 11.1. The van der Waals surface area contributed by atoms with Crippen molar-refractivity contribution >= 4 is 28.5 Å². The molecule has 1 atom stereocenters. The summed E-state index contributed by atoms with van der Waals surface area (Å²) in [5.74, 6) is 1.03. The summed E-state index contributed by atoms with van der Waals surface area (Å²) in [5, 5.41) is 3.00. The molecular weight excluding hydrogens is 329 g/mol. The van der Waals surface area contributed by atoms with Crippen molar-refractivity contribution in [3.8, 4) is 5.75 Å². The van der Waals surface area contributed by atoms with Gasteiger partial charge in [-0.1, -0.05) is 0 Å². The van der Waals surface area contributed by atoms with Gasteiger partial charge >= 0.3 is 0 Å². The monoisotopic (exact) mass is 345 g/mol. The summed E-state index contributed by atoms with van der Waals surface area (Å²) < 4.78 is 6.65. The molecule has 3 nitrogen and oxygen atoms in total. The normalized spacial score (nSPS) is 18.4. The van der Waals surface area contributed by atoms with E-state index in [9.17, 15) is 4.79 Å². The highest BCUT2D eigenvalue weighted by Gasteiger charge is 2.23. The molecule has 0 aromatic heterocycles. The fourth-order valence-electron chi connectivity index (χ4n) is 2.41. The molecule has 0 heterocycles. The standard InChI is InChI=1S/C13H16INO2/c1-8(16)15-9-3-4-10-11(7-9)12(14)5-6-13(10)17-2/h5-6,9H,3-4,7H2,1-2H3,(H,15,16)/t9-/m0/s1. The van der Waals surface area contributed by atoms with Gasteiger partial charge in [0.15, 0.2) is 0 Å². The first-order valence-corrected chi connectivity index (χ1v) is 6.81. The van der Waals surface area contributed by atoms with Crippen LogP contribution in [0.3, 0.4) is 0 Å². The van der Waals surface area contributed by atoms with Crippen molar-refractivity contribution in [1.29, 1.82) is 0 Å². The van der Waals surface area contributed by atoms with Gasteiger partial charge in [0.05, 0.1) is 7.11 Å². The number of nitrogens with one attached hydrogen (secondary N) is 1. The minimum Gasteiger partial charge on any atom is -0.496 e. The zero-order valence-corrected chi connectivity index (χ0v) is 12.2. The minimum absolute atomic E-state index is 0.0522. The van der Waals surface area contributed by atoms with Crippen LogP contribution in [0.5, 0.6) is 5.75 Å². The Labute approximate surface area is 115 Å². The number of hydrogen-bond acceptors (Lipinski definition) is 2. The van der Waals surface area contributed by atoms with E-state index >= 15 is 0 Å². The van der Waals surface area contributed by atoms with Crippen LogP contribution in [0.1, 0.15) is 24.5 Å². The number of methoxy groups -OCH3 is 1. The number of rotatable bonds is 2. The first-order valence-electron chi connectivity index (χ1n) is 5.73. The predicted molar refractivity (Wildman–Crippen MR) is 75.3 cm³/mol. The van der Waals surface area contributed by atoms with Crippen LogP contribution in [0.2, 0.25) is 0 Å². The molecule has 0 saturated heterocycles. The molecule has 1 aromatic rings. The fourth-order valence-corrected chi connectivity index (χ4v) is 3.13. The second-order valence-electron chi connectivity index (χ2n) is 4.35. The molecule has 0 saturated carbocycles. The SMILES string of the molecule is COc1ccc(I)c2c1CC[C@H](NC(C)=O)C2. The van der Waals surface area contributed by atoms with Crippen molar-refractivity contribution in [2.45, 2.75) is 32.2 Å². The van der Waals surface area contributed by atoms with E-state index in [-0.39, 0.29) is 11.9 Å². The van der Waals surface area contributed by atoms with Crippen molar-refractivity contribution < 1.29 is 9.53 Å². The van der Waals surface area contributed by atoms with Gasteiger partial charge in [-0.3, -0.25) is 4.79 Å². The lowest BCUT2D eigenvalue weighted by atomic mass is 9.87. The molecule has 1 aromatic carbocycles. The van der Waals surface area contributed by atoms with Crippen molar-refractivity contribution in [2.75, 3.05) is 7.11 Å². The van der Waals surface area contributed by atoms with Gasteiger partial charge in [-0.05, 0) is 65.1 Å². The van der Waals surface area contributed by atoms with E-state index in [1.165, 1.54) is 14.7 Å². The Morgan fingerprint density at radius 2 is 2.24 bits per heavy atom. The van der Waals surface area contributed by atoms with Gasteiger partial charge < -0.3 is 10.1 Å². The second kappa shape index (κ2) is 5.25. The summed E-state index contributed by atoms with van der Waals surface area (Å²) in [5.41, 5.74) is 2.64. The number of carbonyl (C=O) groups is 1. The van der Waals surface area contributed by atoms with E-state index in [1.807, 2.05) is 6.07 Å². The van der Waals surface area contributed by atoms with Crippen LogP contribution >= 0.6 is 22.6 Å². The lowest BCUT2D eigenvalue weighted by Crippen LogP contribution is -2.37. The number of carbonyl (C=O) groups excluding carboxylic acids is 1. The van der Waals surface area contributed by atoms with E-state index in [0.29, 0.717) is 0 Å². The third-order valence-electron chi connectivity index (χ3n) is 3.15. The van der Waals surface area contributed by atoms with E-state index in [2.05, 4.69) is 34.0 Å². The molecule has 2 rings (SSSR count). The molecule has 1 aliphatic rings. The van der Waals surface area contributed by atoms with Gasteiger partial charge in [-0.15, -0.1) is 0 Å². The first kappa shape index (κ1) is 12.7. The molecule has 1 amide bonds. The molecule has 17 heavy (non-hydrogen) atoms. The molecule has 0 fully saturated rings. The Morgan fingerprint density at radius 3 is 2.88 bits per heavy atom. The largest absolute Gasteiger partial charge is 0.496 e. The number of benzene rings is 1. The Hall–Kier alpha value is -0.780. The van der Waals surface area contributed by atoms with Crippen LogP contribution in [-0.2, 0) is 17.6 Å². The maximum Gasteiger partial charge on any atom is 0.217 e. The zero-order valence-electron chi connectivity index (χ0n) is 10.0. The third kappa shape index (κ3) is 2.73. The Bertz CT molecular complexity index is 445. The summed E-state index contributed by atoms with van der Waals surface area (Å²) in [6, 6.07) is 4.37. The van der Waals surface area contributed by atoms with Crippen LogP contribution in [0.4, 0.5) is 0 Å². The summed E-state index contributed by atoms with van der Waals surface area (Å²) in [6.45, 7) is 1.58. The lowest BCUT2D eigenvalue weighted by molar-refractivity contribution is -0.119. The van der Waals surface area contributed by atoms with E-state index in [0.717, 1.165) is 25.0 Å². The summed E-state index contributed by atoms with van der Waals surface area (Å²) >= 11 is 2.35. The number of ether oxygens (including phenoxy) is 1. The number of fused-ring (bicyclic) bond motifs is 1. The fraction of sp³-hybridized carbons (Fsp3) is 0.462. The molecule has 1 N–H and O–H groups in total. The smallest absolute Gasteiger partial charge is 0.217 e. The van der Waals surface area contributed by atoms with E-state index in [1.54, 1.807) is 14.0 Å². The Morgan fingerprint density at radius 1 is 1.47 bits per heavy atom. The van der Waals surface area contributed by atoms with Gasteiger partial charge in [0.1, 0.15) is 5.75 Å². The van der Waals surface area contributed by atoms with Crippen LogP contribution in [0, 0.1) is 3.57 Å². The molecule has 0 bridgehead atoms. The average molecular weight is 345 g/mol. The highest BCUT2D eigenvalue weighted by Crippen LogP contribution is 2.32. The van der Waals surface area contributed by atoms with Crippen LogP contribution in [0.25, 0.3) is 0 Å². The highest BCUT2D eigenvalue weighted by atomic mass is 127. The summed E-state index contributed by atoms with van der Waals surface area (Å²) in [6.07, 6.45) is 2.87. The van der Waals surface area contributed by atoms with E-state index < -0.39 is 0 Å². The van der Waals surface area contributed by atoms with Crippen molar-refractivity contribution in [3.63, 3.8) is 0 Å². The quantitative estimate of drug-likeness (QED) is 0.836. The second-order valence-corrected chi connectivity index (χ2v) is 5.51. The summed E-state index contributed by atoms with van der Waals surface area (Å²) in [7, 11) is 1.71. The maximum absolute atomic E-state index is 11.1. The summed E-state index contributed by atoms with van der Waals surface area (Å²) in [4.78, 5) is 11.1. The molecule has 0 aliphatic heterocycles. The zero-order chi connectivity index (χ0) is 12.4. The van der Waals surface area contributed by atoms with Crippen LogP contribution in [-0.4, -0.2) is 19.1 Å². The topological polar surface area (TPSA) is 38.3 Å². The molecule has 0 spiro atoms. The molecule has 92 valence electrons. The van der Waals surface area contributed by atoms with Crippen molar-refractivity contribution in [2.24, 2.45) is 0 Å². The predicted octanol–water partition coefficient (Wildman–Crippen LogP) is 2.29. The lowest BCUT2D eigenvalue weighted by Gasteiger charge is -2.27. The van der Waals surface area contributed by atoms with Crippen molar-refractivity contribution in [3.05, 3.63) is 26.8 Å². The average Bonchev–Trinajstić information content (AvgIpc) is 2.29. The molecule has 0 radical (unpaired) electrons. The molecular formula is C13H16INO2. The van der Waals surface area contributed by atoms with Gasteiger partial charge in [-0.25, -0.2) is 0 Å². The van der Waals surface area contributed by atoms with Gasteiger partial charge in [0, 0.05) is 16.5 Å². The number of amides is 1. The van der Waals surface area contributed by atoms with Crippen LogP contribution in [0.15, 0.2) is 12.1 Å². The first-order chi connectivity index (χ1) is 8.11. The Balaban J connectivity index is 2.28.